The van der Waals surface area contributed by atoms with Crippen molar-refractivity contribution in [2.24, 2.45) is 17.1 Å². The average Bonchev–Trinajstić information content (AvgIpc) is 3.04. The largest absolute Gasteiger partial charge is 0.369 e. The van der Waals surface area contributed by atoms with Gasteiger partial charge < -0.3 is 5.73 Å². The standard InChI is InChI=1S/C16H18FNOS/c1-9(2)14(16(5-6-16)15(18)19)13-7-10-3-4-11(17)8-12(10)20-13/h3-4,7-9,14H,5-6H2,1-2H3,(H2,18,19)/t14-/m0/s1. The predicted octanol–water partition coefficient (Wildman–Crippen LogP) is 4.05. The summed E-state index contributed by atoms with van der Waals surface area (Å²) in [5, 5.41) is 1.04. The molecule has 1 saturated carbocycles. The highest BCUT2D eigenvalue weighted by Gasteiger charge is 2.56. The van der Waals surface area contributed by atoms with Crippen LogP contribution < -0.4 is 5.73 Å². The third-order valence-electron chi connectivity index (χ3n) is 4.35. The molecule has 0 saturated heterocycles. The van der Waals surface area contributed by atoms with Crippen molar-refractivity contribution < 1.29 is 9.18 Å². The first kappa shape index (κ1) is 13.6. The molecule has 2 N–H and O–H groups in total. The van der Waals surface area contributed by atoms with Gasteiger partial charge in [-0.25, -0.2) is 4.39 Å². The summed E-state index contributed by atoms with van der Waals surface area (Å²) in [7, 11) is 0. The van der Waals surface area contributed by atoms with Crippen LogP contribution in [0.1, 0.15) is 37.5 Å². The quantitative estimate of drug-likeness (QED) is 0.907. The predicted molar refractivity (Wildman–Crippen MR) is 80.2 cm³/mol. The van der Waals surface area contributed by atoms with Crippen molar-refractivity contribution in [3.8, 4) is 0 Å². The van der Waals surface area contributed by atoms with Crippen LogP contribution in [0.25, 0.3) is 10.1 Å². The smallest absolute Gasteiger partial charge is 0.224 e. The Balaban J connectivity index is 2.08. The third kappa shape index (κ3) is 2.03. The summed E-state index contributed by atoms with van der Waals surface area (Å²) in [5.41, 5.74) is 5.25. The van der Waals surface area contributed by atoms with Gasteiger partial charge in [-0.3, -0.25) is 4.79 Å². The highest BCUT2D eigenvalue weighted by atomic mass is 32.1. The molecular formula is C16H18FNOS. The summed E-state index contributed by atoms with van der Waals surface area (Å²) in [5.74, 6) is 0.0613. The molecule has 1 aromatic carbocycles. The first-order valence-corrected chi connectivity index (χ1v) is 7.74. The summed E-state index contributed by atoms with van der Waals surface area (Å²) in [6, 6.07) is 6.92. The molecule has 1 fully saturated rings. The molecule has 3 rings (SSSR count). The van der Waals surface area contributed by atoms with E-state index in [1.807, 2.05) is 0 Å². The van der Waals surface area contributed by atoms with Gasteiger partial charge in [0.2, 0.25) is 5.91 Å². The molecule has 1 atom stereocenters. The minimum absolute atomic E-state index is 0.139. The van der Waals surface area contributed by atoms with Crippen molar-refractivity contribution in [2.45, 2.75) is 32.6 Å². The molecule has 1 aromatic heterocycles. The Bertz CT molecular complexity index is 672. The number of primary amides is 1. The van der Waals surface area contributed by atoms with Crippen LogP contribution in [0.2, 0.25) is 0 Å². The van der Waals surface area contributed by atoms with E-state index in [4.69, 9.17) is 5.73 Å². The summed E-state index contributed by atoms with van der Waals surface area (Å²) >= 11 is 1.58. The zero-order valence-electron chi connectivity index (χ0n) is 11.7. The van der Waals surface area contributed by atoms with Gasteiger partial charge in [-0.05, 0) is 42.3 Å². The second-order valence-corrected chi connectivity index (χ2v) is 7.19. The highest BCUT2D eigenvalue weighted by Crippen LogP contribution is 2.59. The lowest BCUT2D eigenvalue weighted by atomic mass is 9.79. The van der Waals surface area contributed by atoms with E-state index in [0.717, 1.165) is 27.8 Å². The highest BCUT2D eigenvalue weighted by molar-refractivity contribution is 7.19. The normalized spacial score (nSPS) is 18.4. The molecule has 20 heavy (non-hydrogen) atoms. The Morgan fingerprint density at radius 3 is 2.60 bits per heavy atom. The first-order valence-electron chi connectivity index (χ1n) is 6.93. The average molecular weight is 291 g/mol. The zero-order valence-corrected chi connectivity index (χ0v) is 12.5. The molecule has 1 aliphatic carbocycles. The van der Waals surface area contributed by atoms with Crippen LogP contribution in [0.4, 0.5) is 4.39 Å². The van der Waals surface area contributed by atoms with E-state index < -0.39 is 0 Å². The fourth-order valence-electron chi connectivity index (χ4n) is 3.26. The summed E-state index contributed by atoms with van der Waals surface area (Å²) in [4.78, 5) is 13.0. The van der Waals surface area contributed by atoms with Crippen LogP contribution in [0, 0.1) is 17.2 Å². The van der Waals surface area contributed by atoms with E-state index in [0.29, 0.717) is 5.92 Å². The van der Waals surface area contributed by atoms with Gasteiger partial charge >= 0.3 is 0 Å². The maximum Gasteiger partial charge on any atom is 0.224 e. The minimum Gasteiger partial charge on any atom is -0.369 e. The van der Waals surface area contributed by atoms with Crippen molar-refractivity contribution >= 4 is 27.3 Å². The minimum atomic E-state index is -0.381. The van der Waals surface area contributed by atoms with Crippen LogP contribution in [-0.2, 0) is 4.79 Å². The number of hydrogen-bond donors (Lipinski definition) is 1. The number of carbonyl (C=O) groups excluding carboxylic acids is 1. The van der Waals surface area contributed by atoms with E-state index in [1.165, 1.54) is 6.07 Å². The van der Waals surface area contributed by atoms with Gasteiger partial charge in [-0.2, -0.15) is 0 Å². The Labute approximate surface area is 121 Å². The van der Waals surface area contributed by atoms with Crippen LogP contribution in [0.3, 0.4) is 0 Å². The van der Waals surface area contributed by atoms with Gasteiger partial charge in [0.1, 0.15) is 5.82 Å². The monoisotopic (exact) mass is 291 g/mol. The van der Waals surface area contributed by atoms with Gasteiger partial charge in [0.15, 0.2) is 0 Å². The molecule has 0 radical (unpaired) electrons. The van der Waals surface area contributed by atoms with E-state index in [9.17, 15) is 9.18 Å². The van der Waals surface area contributed by atoms with Crippen LogP contribution in [0.5, 0.6) is 0 Å². The molecule has 1 amide bonds. The Morgan fingerprint density at radius 1 is 1.35 bits per heavy atom. The molecule has 2 aromatic rings. The topological polar surface area (TPSA) is 43.1 Å². The summed E-state index contributed by atoms with van der Waals surface area (Å²) in [6.45, 7) is 4.25. The number of rotatable bonds is 4. The van der Waals surface area contributed by atoms with Crippen molar-refractivity contribution in [3.63, 3.8) is 0 Å². The number of amides is 1. The van der Waals surface area contributed by atoms with E-state index in [2.05, 4.69) is 19.9 Å². The maximum absolute atomic E-state index is 13.3. The van der Waals surface area contributed by atoms with Crippen molar-refractivity contribution in [3.05, 3.63) is 35.0 Å². The summed E-state index contributed by atoms with van der Waals surface area (Å²) in [6.07, 6.45) is 1.74. The van der Waals surface area contributed by atoms with E-state index in [-0.39, 0.29) is 23.1 Å². The molecule has 106 valence electrons. The molecule has 2 nitrogen and oxygen atoms in total. The number of nitrogens with two attached hydrogens (primary N) is 1. The number of thiophene rings is 1. The number of fused-ring (bicyclic) bond motifs is 1. The summed E-state index contributed by atoms with van der Waals surface area (Å²) < 4.78 is 14.2. The number of hydrogen-bond acceptors (Lipinski definition) is 2. The van der Waals surface area contributed by atoms with Gasteiger partial charge in [0.05, 0.1) is 5.41 Å². The third-order valence-corrected chi connectivity index (χ3v) is 5.53. The zero-order chi connectivity index (χ0) is 14.5. The number of benzene rings is 1. The lowest BCUT2D eigenvalue weighted by Crippen LogP contribution is -2.32. The van der Waals surface area contributed by atoms with Crippen LogP contribution >= 0.6 is 11.3 Å². The number of carbonyl (C=O) groups is 1. The Hall–Kier alpha value is -1.42. The maximum atomic E-state index is 13.3. The first-order chi connectivity index (χ1) is 9.44. The Kier molecular flexibility index (Phi) is 3.09. The number of halogens is 1. The van der Waals surface area contributed by atoms with E-state index >= 15 is 0 Å². The lowest BCUT2D eigenvalue weighted by Gasteiger charge is -2.27. The van der Waals surface area contributed by atoms with Gasteiger partial charge in [-0.1, -0.05) is 19.9 Å². The molecular weight excluding hydrogens is 273 g/mol. The molecule has 0 bridgehead atoms. The second-order valence-electron chi connectivity index (χ2n) is 6.07. The fraction of sp³-hybridized carbons (Fsp3) is 0.438. The Morgan fingerprint density at radius 2 is 2.05 bits per heavy atom. The molecule has 0 spiro atoms. The molecule has 1 aliphatic rings. The van der Waals surface area contributed by atoms with Gasteiger partial charge in [0, 0.05) is 15.5 Å². The van der Waals surface area contributed by atoms with Gasteiger partial charge in [-0.15, -0.1) is 11.3 Å². The molecule has 1 heterocycles. The molecule has 0 aliphatic heterocycles. The molecule has 0 unspecified atom stereocenters. The van der Waals surface area contributed by atoms with Crippen molar-refractivity contribution in [1.82, 2.24) is 0 Å². The lowest BCUT2D eigenvalue weighted by molar-refractivity contribution is -0.124. The van der Waals surface area contributed by atoms with Crippen molar-refractivity contribution in [1.29, 1.82) is 0 Å². The van der Waals surface area contributed by atoms with Crippen LogP contribution in [0.15, 0.2) is 24.3 Å². The van der Waals surface area contributed by atoms with Crippen molar-refractivity contribution in [2.75, 3.05) is 0 Å². The fourth-order valence-corrected chi connectivity index (χ4v) is 4.74. The van der Waals surface area contributed by atoms with E-state index in [1.54, 1.807) is 23.5 Å². The second kappa shape index (κ2) is 4.55. The SMILES string of the molecule is CC(C)[C@@H](c1cc2ccc(F)cc2s1)C1(C(N)=O)CC1. The van der Waals surface area contributed by atoms with Crippen LogP contribution in [-0.4, -0.2) is 5.91 Å². The van der Waals surface area contributed by atoms with Gasteiger partial charge in [0.25, 0.3) is 0 Å². The molecule has 4 heteroatoms.